The van der Waals surface area contributed by atoms with Gasteiger partial charge < -0.3 is 5.73 Å². The zero-order valence-corrected chi connectivity index (χ0v) is 13.1. The Bertz CT molecular complexity index is 460. The first kappa shape index (κ1) is 18.4. The van der Waals surface area contributed by atoms with Crippen LogP contribution in [0.4, 0.5) is 0 Å². The van der Waals surface area contributed by atoms with E-state index in [-0.39, 0.29) is 18.4 Å². The highest BCUT2D eigenvalue weighted by Gasteiger charge is 2.18. The minimum Gasteiger partial charge on any atom is -0.329 e. The first-order chi connectivity index (χ1) is 8.49. The van der Waals surface area contributed by atoms with Gasteiger partial charge in [0.25, 0.3) is 0 Å². The number of nitrogens with two attached hydrogens (primary N) is 1. The van der Waals surface area contributed by atoms with Gasteiger partial charge >= 0.3 is 0 Å². The molecule has 0 aliphatic carbocycles. The average molecular weight is 307 g/mol. The first-order valence-corrected chi connectivity index (χ1v) is 7.77. The Kier molecular flexibility index (Phi) is 8.25. The number of hydrogen-bond donors (Lipinski definition) is 2. The summed E-state index contributed by atoms with van der Waals surface area (Å²) in [5, 5.41) is 0. The minimum absolute atomic E-state index is 0. The van der Waals surface area contributed by atoms with Crippen LogP contribution in [0, 0.1) is 6.92 Å². The molecule has 1 unspecified atom stereocenters. The molecule has 3 N–H and O–H groups in total. The lowest BCUT2D eigenvalue weighted by Gasteiger charge is -2.16. The molecule has 0 bridgehead atoms. The second kappa shape index (κ2) is 8.53. The smallest absolute Gasteiger partial charge is 0.240 e. The SMILES string of the molecule is CCCCC(CN)NS(=O)(=O)c1ccc(C)cc1.Cl. The van der Waals surface area contributed by atoms with Crippen molar-refractivity contribution in [2.24, 2.45) is 5.73 Å². The number of hydrogen-bond acceptors (Lipinski definition) is 3. The molecule has 4 nitrogen and oxygen atoms in total. The third kappa shape index (κ3) is 5.91. The number of halogens is 1. The Hall–Kier alpha value is -0.620. The maximum atomic E-state index is 12.1. The summed E-state index contributed by atoms with van der Waals surface area (Å²) < 4.78 is 26.9. The van der Waals surface area contributed by atoms with E-state index in [1.165, 1.54) is 0 Å². The predicted octanol–water partition coefficient (Wildman–Crippen LogP) is 2.21. The number of rotatable bonds is 7. The van der Waals surface area contributed by atoms with Crippen molar-refractivity contribution in [3.8, 4) is 0 Å². The van der Waals surface area contributed by atoms with Gasteiger partial charge in [-0.25, -0.2) is 13.1 Å². The molecule has 6 heteroatoms. The quantitative estimate of drug-likeness (QED) is 0.811. The monoisotopic (exact) mass is 306 g/mol. The van der Waals surface area contributed by atoms with Gasteiger partial charge in [-0.3, -0.25) is 0 Å². The molecule has 0 saturated heterocycles. The molecule has 0 heterocycles. The lowest BCUT2D eigenvalue weighted by molar-refractivity contribution is 0.516. The Labute approximate surface area is 122 Å². The number of nitrogens with one attached hydrogen (secondary N) is 1. The van der Waals surface area contributed by atoms with Crippen LogP contribution < -0.4 is 10.5 Å². The molecule has 0 amide bonds. The van der Waals surface area contributed by atoms with Gasteiger partial charge in [0, 0.05) is 12.6 Å². The van der Waals surface area contributed by atoms with Crippen molar-refractivity contribution in [1.82, 2.24) is 4.72 Å². The Balaban J connectivity index is 0.00000324. The van der Waals surface area contributed by atoms with Crippen LogP contribution in [0.2, 0.25) is 0 Å². The highest BCUT2D eigenvalue weighted by atomic mass is 35.5. The molecular weight excluding hydrogens is 284 g/mol. The fourth-order valence-corrected chi connectivity index (χ4v) is 2.96. The van der Waals surface area contributed by atoms with E-state index in [4.69, 9.17) is 5.73 Å². The van der Waals surface area contributed by atoms with Crippen molar-refractivity contribution in [3.63, 3.8) is 0 Å². The third-order valence-electron chi connectivity index (χ3n) is 2.84. The molecule has 0 aliphatic heterocycles. The molecule has 0 fully saturated rings. The molecule has 1 aromatic rings. The summed E-state index contributed by atoms with van der Waals surface area (Å²) in [5.74, 6) is 0. The van der Waals surface area contributed by atoms with Crippen LogP contribution in [0.25, 0.3) is 0 Å². The van der Waals surface area contributed by atoms with Crippen LogP contribution in [-0.2, 0) is 10.0 Å². The van der Waals surface area contributed by atoms with Crippen LogP contribution in [0.15, 0.2) is 29.2 Å². The van der Waals surface area contributed by atoms with Crippen LogP contribution in [0.5, 0.6) is 0 Å². The second-order valence-electron chi connectivity index (χ2n) is 4.51. The van der Waals surface area contributed by atoms with E-state index in [1.807, 2.05) is 6.92 Å². The Morgan fingerprint density at radius 3 is 2.32 bits per heavy atom. The molecule has 1 rings (SSSR count). The largest absolute Gasteiger partial charge is 0.329 e. The van der Waals surface area contributed by atoms with Gasteiger partial charge in [0.1, 0.15) is 0 Å². The molecule has 1 atom stereocenters. The van der Waals surface area contributed by atoms with Crippen molar-refractivity contribution < 1.29 is 8.42 Å². The lowest BCUT2D eigenvalue weighted by atomic mass is 10.1. The highest BCUT2D eigenvalue weighted by Crippen LogP contribution is 2.11. The van der Waals surface area contributed by atoms with E-state index in [2.05, 4.69) is 11.6 Å². The van der Waals surface area contributed by atoms with Gasteiger partial charge in [-0.2, -0.15) is 0 Å². The van der Waals surface area contributed by atoms with Crippen molar-refractivity contribution in [2.75, 3.05) is 6.54 Å². The standard InChI is InChI=1S/C13H22N2O2S.ClH/c1-3-4-5-12(10-14)15-18(16,17)13-8-6-11(2)7-9-13;/h6-9,12,15H,3-5,10,14H2,1-2H3;1H. The van der Waals surface area contributed by atoms with Gasteiger partial charge in [-0.1, -0.05) is 37.5 Å². The fraction of sp³-hybridized carbons (Fsp3) is 0.538. The summed E-state index contributed by atoms with van der Waals surface area (Å²) in [6.07, 6.45) is 2.78. The van der Waals surface area contributed by atoms with Gasteiger partial charge in [-0.15, -0.1) is 12.4 Å². The summed E-state index contributed by atoms with van der Waals surface area (Å²) in [7, 11) is -3.45. The van der Waals surface area contributed by atoms with Gasteiger partial charge in [-0.05, 0) is 25.5 Å². The van der Waals surface area contributed by atoms with Gasteiger partial charge in [0.2, 0.25) is 10.0 Å². The summed E-state index contributed by atoms with van der Waals surface area (Å²) in [6, 6.07) is 6.63. The maximum Gasteiger partial charge on any atom is 0.240 e. The molecule has 0 radical (unpaired) electrons. The fourth-order valence-electron chi connectivity index (χ4n) is 1.68. The topological polar surface area (TPSA) is 72.2 Å². The van der Waals surface area contributed by atoms with Crippen LogP contribution in [0.1, 0.15) is 31.7 Å². The lowest BCUT2D eigenvalue weighted by Crippen LogP contribution is -2.40. The zero-order chi connectivity index (χ0) is 13.6. The first-order valence-electron chi connectivity index (χ1n) is 6.28. The second-order valence-corrected chi connectivity index (χ2v) is 6.22. The molecule has 0 saturated carbocycles. The molecule has 19 heavy (non-hydrogen) atoms. The van der Waals surface area contributed by atoms with E-state index < -0.39 is 10.0 Å². The normalized spacial score (nSPS) is 12.8. The van der Waals surface area contributed by atoms with E-state index in [0.29, 0.717) is 11.4 Å². The van der Waals surface area contributed by atoms with E-state index in [0.717, 1.165) is 24.8 Å². The highest BCUT2D eigenvalue weighted by molar-refractivity contribution is 7.89. The van der Waals surface area contributed by atoms with Gasteiger partial charge in [0.15, 0.2) is 0 Å². The summed E-state index contributed by atoms with van der Waals surface area (Å²) >= 11 is 0. The summed E-state index contributed by atoms with van der Waals surface area (Å²) in [4.78, 5) is 0.294. The molecule has 110 valence electrons. The number of aryl methyl sites for hydroxylation is 1. The van der Waals surface area contributed by atoms with Crippen LogP contribution in [0.3, 0.4) is 0 Å². The van der Waals surface area contributed by atoms with Crippen molar-refractivity contribution in [2.45, 2.75) is 44.0 Å². The number of unbranched alkanes of at least 4 members (excludes halogenated alkanes) is 1. The Morgan fingerprint density at radius 2 is 1.84 bits per heavy atom. The van der Waals surface area contributed by atoms with Crippen molar-refractivity contribution >= 4 is 22.4 Å². The minimum atomic E-state index is -3.45. The third-order valence-corrected chi connectivity index (χ3v) is 4.38. The summed E-state index contributed by atoms with van der Waals surface area (Å²) in [6.45, 7) is 4.32. The van der Waals surface area contributed by atoms with E-state index in [9.17, 15) is 8.42 Å². The van der Waals surface area contributed by atoms with Crippen molar-refractivity contribution in [1.29, 1.82) is 0 Å². The molecule has 0 spiro atoms. The number of benzene rings is 1. The van der Waals surface area contributed by atoms with Crippen LogP contribution >= 0.6 is 12.4 Å². The predicted molar refractivity (Wildman–Crippen MR) is 81.1 cm³/mol. The molecular formula is C13H23ClN2O2S. The Morgan fingerprint density at radius 1 is 1.26 bits per heavy atom. The van der Waals surface area contributed by atoms with Crippen LogP contribution in [-0.4, -0.2) is 21.0 Å². The van der Waals surface area contributed by atoms with Crippen molar-refractivity contribution in [3.05, 3.63) is 29.8 Å². The zero-order valence-electron chi connectivity index (χ0n) is 11.4. The maximum absolute atomic E-state index is 12.1. The average Bonchev–Trinajstić information content (AvgIpc) is 2.35. The molecule has 0 aliphatic rings. The van der Waals surface area contributed by atoms with E-state index in [1.54, 1.807) is 24.3 Å². The molecule has 1 aromatic carbocycles. The van der Waals surface area contributed by atoms with Gasteiger partial charge in [0.05, 0.1) is 4.90 Å². The summed E-state index contributed by atoms with van der Waals surface area (Å²) in [5.41, 5.74) is 6.63. The number of sulfonamides is 1. The molecule has 0 aromatic heterocycles. The van der Waals surface area contributed by atoms with E-state index >= 15 is 0 Å².